The first kappa shape index (κ1) is 18.0. The maximum absolute atomic E-state index is 12.0. The van der Waals surface area contributed by atoms with Crippen LogP contribution in [-0.4, -0.2) is 35.6 Å². The van der Waals surface area contributed by atoms with E-state index >= 15 is 0 Å². The van der Waals surface area contributed by atoms with Gasteiger partial charge in [0.25, 0.3) is 0 Å². The van der Waals surface area contributed by atoms with Gasteiger partial charge in [0.15, 0.2) is 0 Å². The maximum atomic E-state index is 12.0. The van der Waals surface area contributed by atoms with Crippen molar-refractivity contribution in [2.75, 3.05) is 24.8 Å². The van der Waals surface area contributed by atoms with Gasteiger partial charge >= 0.3 is 6.03 Å². The summed E-state index contributed by atoms with van der Waals surface area (Å²) in [6, 6.07) is 4.59. The molecule has 0 aliphatic heterocycles. The van der Waals surface area contributed by atoms with E-state index in [-0.39, 0.29) is 23.9 Å². The van der Waals surface area contributed by atoms with Crippen molar-refractivity contribution >= 4 is 23.4 Å². The van der Waals surface area contributed by atoms with Crippen molar-refractivity contribution < 1.29 is 14.3 Å². The summed E-state index contributed by atoms with van der Waals surface area (Å²) in [5.41, 5.74) is 7.23. The summed E-state index contributed by atoms with van der Waals surface area (Å²) in [5, 5.41) is 12.9. The molecule has 2 aromatic rings. The minimum Gasteiger partial charge on any atom is -0.481 e. The zero-order valence-electron chi connectivity index (χ0n) is 14.0. The smallest absolute Gasteiger partial charge is 0.320 e. The first-order valence-electron chi connectivity index (χ1n) is 7.55. The summed E-state index contributed by atoms with van der Waals surface area (Å²) >= 11 is 0. The van der Waals surface area contributed by atoms with Crippen LogP contribution in [0.2, 0.25) is 0 Å². The number of ether oxygens (including phenoxy) is 2. The van der Waals surface area contributed by atoms with Crippen LogP contribution < -0.4 is 21.1 Å². The molecule has 0 fully saturated rings. The Hall–Kier alpha value is -3.36. The van der Waals surface area contributed by atoms with Gasteiger partial charge in [-0.3, -0.25) is 10.7 Å². The molecular formula is C16H20N6O3. The second kappa shape index (κ2) is 8.48. The Morgan fingerprint density at radius 2 is 2.20 bits per heavy atom. The van der Waals surface area contributed by atoms with Crippen LogP contribution in [-0.2, 0) is 11.3 Å². The molecule has 0 spiro atoms. The van der Waals surface area contributed by atoms with Crippen molar-refractivity contribution in [2.45, 2.75) is 13.5 Å². The summed E-state index contributed by atoms with van der Waals surface area (Å²) in [4.78, 5) is 20.2. The number of methoxy groups -OCH3 is 1. The number of nitrogen functional groups attached to an aromatic ring is 1. The Morgan fingerprint density at radius 3 is 2.88 bits per heavy atom. The number of carbonyl (C=O) groups excluding carboxylic acids is 1. The highest BCUT2D eigenvalue weighted by Gasteiger charge is 2.11. The highest BCUT2D eigenvalue weighted by molar-refractivity contribution is 5.97. The van der Waals surface area contributed by atoms with Crippen molar-refractivity contribution in [3.05, 3.63) is 41.7 Å². The van der Waals surface area contributed by atoms with E-state index in [1.165, 1.54) is 19.4 Å². The fraction of sp³-hybridized carbons (Fsp3) is 0.250. The van der Waals surface area contributed by atoms with Gasteiger partial charge in [-0.05, 0) is 13.0 Å². The molecule has 2 amide bonds. The molecule has 0 saturated carbocycles. The lowest BCUT2D eigenvalue weighted by Gasteiger charge is -2.11. The zero-order valence-corrected chi connectivity index (χ0v) is 14.0. The number of amides is 2. The van der Waals surface area contributed by atoms with Crippen LogP contribution in [0.25, 0.3) is 0 Å². The molecule has 2 aromatic heterocycles. The van der Waals surface area contributed by atoms with Gasteiger partial charge in [-0.25, -0.2) is 14.8 Å². The first-order chi connectivity index (χ1) is 12.0. The number of nitrogens with two attached hydrogens (primary N) is 1. The number of nitrogens with one attached hydrogen (secondary N) is 3. The van der Waals surface area contributed by atoms with Crippen LogP contribution in [0.4, 0.5) is 16.3 Å². The van der Waals surface area contributed by atoms with Crippen molar-refractivity contribution in [3.8, 4) is 5.88 Å². The standard InChI is InChI=1S/C16H20N6O3/c1-3-25-15-10(5-4-6-19-15)8-21-16(23)22-13-7-12(17)11(9-20-13)14(18)24-2/h4-7,9,18H,3,8H2,1-2H3,(H4,17,20,21,22,23). The molecule has 0 unspecified atom stereocenters. The molecule has 0 aliphatic carbocycles. The summed E-state index contributed by atoms with van der Waals surface area (Å²) in [6.45, 7) is 2.60. The van der Waals surface area contributed by atoms with Gasteiger partial charge in [0, 0.05) is 36.3 Å². The lowest BCUT2D eigenvalue weighted by atomic mass is 10.2. The number of anilines is 2. The molecule has 0 radical (unpaired) electrons. The van der Waals surface area contributed by atoms with Gasteiger partial charge in [-0.2, -0.15) is 0 Å². The number of urea groups is 1. The van der Waals surface area contributed by atoms with Crippen LogP contribution >= 0.6 is 0 Å². The average molecular weight is 344 g/mol. The van der Waals surface area contributed by atoms with Crippen molar-refractivity contribution in [1.29, 1.82) is 5.41 Å². The zero-order chi connectivity index (χ0) is 18.2. The van der Waals surface area contributed by atoms with Crippen LogP contribution in [0.15, 0.2) is 30.6 Å². The molecule has 0 saturated heterocycles. The Balaban J connectivity index is 1.97. The normalized spacial score (nSPS) is 10.0. The second-order valence-corrected chi connectivity index (χ2v) is 4.90. The molecular weight excluding hydrogens is 324 g/mol. The highest BCUT2D eigenvalue weighted by atomic mass is 16.5. The maximum Gasteiger partial charge on any atom is 0.320 e. The average Bonchev–Trinajstić information content (AvgIpc) is 2.61. The summed E-state index contributed by atoms with van der Waals surface area (Å²) < 4.78 is 10.2. The third-order valence-corrected chi connectivity index (χ3v) is 3.20. The third kappa shape index (κ3) is 4.80. The molecule has 2 heterocycles. The number of carbonyl (C=O) groups is 1. The fourth-order valence-corrected chi connectivity index (χ4v) is 2.00. The fourth-order valence-electron chi connectivity index (χ4n) is 2.00. The summed E-state index contributed by atoms with van der Waals surface area (Å²) in [5.74, 6) is 0.648. The van der Waals surface area contributed by atoms with Gasteiger partial charge in [0.1, 0.15) is 5.82 Å². The Morgan fingerprint density at radius 1 is 1.40 bits per heavy atom. The number of rotatable bonds is 6. The first-order valence-corrected chi connectivity index (χ1v) is 7.55. The van der Waals surface area contributed by atoms with Gasteiger partial charge in [0.2, 0.25) is 11.8 Å². The van der Waals surface area contributed by atoms with E-state index in [0.29, 0.717) is 18.1 Å². The molecule has 5 N–H and O–H groups in total. The van der Waals surface area contributed by atoms with Crippen molar-refractivity contribution in [3.63, 3.8) is 0 Å². The molecule has 0 atom stereocenters. The van der Waals surface area contributed by atoms with Crippen LogP contribution in [0.5, 0.6) is 5.88 Å². The number of nitrogens with zero attached hydrogens (tertiary/aromatic N) is 2. The van der Waals surface area contributed by atoms with E-state index in [1.54, 1.807) is 12.3 Å². The SMILES string of the molecule is CCOc1ncccc1CNC(=O)Nc1cc(N)c(C(=N)OC)cn1. The van der Waals surface area contributed by atoms with E-state index in [1.807, 2.05) is 13.0 Å². The number of pyridine rings is 2. The minimum absolute atomic E-state index is 0.0963. The molecule has 9 heteroatoms. The van der Waals surface area contributed by atoms with Gasteiger partial charge < -0.3 is 20.5 Å². The topological polar surface area (TPSA) is 135 Å². The van der Waals surface area contributed by atoms with E-state index in [0.717, 1.165) is 5.56 Å². The molecule has 25 heavy (non-hydrogen) atoms. The van der Waals surface area contributed by atoms with Gasteiger partial charge in [-0.1, -0.05) is 6.07 Å². The Bertz CT molecular complexity index is 765. The quantitative estimate of drug-likeness (QED) is 0.466. The van der Waals surface area contributed by atoms with Crippen LogP contribution in [0.1, 0.15) is 18.1 Å². The molecule has 132 valence electrons. The molecule has 9 nitrogen and oxygen atoms in total. The number of hydrogen-bond acceptors (Lipinski definition) is 7. The monoisotopic (exact) mass is 344 g/mol. The summed E-state index contributed by atoms with van der Waals surface area (Å²) in [7, 11) is 1.37. The Kier molecular flexibility index (Phi) is 6.10. The van der Waals surface area contributed by atoms with Crippen LogP contribution in [0, 0.1) is 5.41 Å². The van der Waals surface area contributed by atoms with Gasteiger partial charge in [-0.15, -0.1) is 0 Å². The second-order valence-electron chi connectivity index (χ2n) is 4.90. The molecule has 0 bridgehead atoms. The molecule has 2 rings (SSSR count). The molecule has 0 aliphatic rings. The van der Waals surface area contributed by atoms with Crippen molar-refractivity contribution in [1.82, 2.24) is 15.3 Å². The van der Waals surface area contributed by atoms with Gasteiger partial charge in [0.05, 0.1) is 19.3 Å². The molecule has 0 aromatic carbocycles. The number of aromatic nitrogens is 2. The predicted octanol–water partition coefficient (Wildman–Crippen LogP) is 1.75. The largest absolute Gasteiger partial charge is 0.481 e. The lowest BCUT2D eigenvalue weighted by Crippen LogP contribution is -2.29. The van der Waals surface area contributed by atoms with Crippen molar-refractivity contribution in [2.24, 2.45) is 0 Å². The number of hydrogen-bond donors (Lipinski definition) is 4. The highest BCUT2D eigenvalue weighted by Crippen LogP contribution is 2.16. The van der Waals surface area contributed by atoms with E-state index in [2.05, 4.69) is 20.6 Å². The summed E-state index contributed by atoms with van der Waals surface area (Å²) in [6.07, 6.45) is 2.99. The van der Waals surface area contributed by atoms with Crippen LogP contribution in [0.3, 0.4) is 0 Å². The predicted molar refractivity (Wildman–Crippen MR) is 93.8 cm³/mol. The lowest BCUT2D eigenvalue weighted by molar-refractivity contribution is 0.251. The van der Waals surface area contributed by atoms with E-state index in [4.69, 9.17) is 20.6 Å². The Labute approximate surface area is 145 Å². The minimum atomic E-state index is -0.451. The third-order valence-electron chi connectivity index (χ3n) is 3.20. The van der Waals surface area contributed by atoms with E-state index < -0.39 is 6.03 Å². The van der Waals surface area contributed by atoms with E-state index in [9.17, 15) is 4.79 Å².